The Morgan fingerprint density at radius 2 is 0.692 bits per heavy atom. The summed E-state index contributed by atoms with van der Waals surface area (Å²) in [6, 6.07) is 17.7. The van der Waals surface area contributed by atoms with Gasteiger partial charge in [0.15, 0.2) is 0 Å². The molecule has 0 spiro atoms. The minimum absolute atomic E-state index is 0. The van der Waals surface area contributed by atoms with Crippen LogP contribution >= 0.6 is 15.8 Å². The molecular formula is C22H36FeP2Pd. The first-order valence-corrected chi connectivity index (χ1v) is 12.2. The standard InChI is InChI=1S/2C11H18P.Fe.Pd/c2*1-9(2)12(10(3)4)11-7-5-6-8-11;;/h2*5-10H,1-4H3;;/q2*-1;+2;. The second kappa shape index (κ2) is 14.7. The number of hydrogen-bond donors (Lipinski definition) is 0. The van der Waals surface area contributed by atoms with Gasteiger partial charge in [-0.2, -0.15) is 24.3 Å². The fraction of sp³-hybridized carbons (Fsp3) is 0.545. The molecular weight excluding hydrogens is 488 g/mol. The molecule has 152 valence electrons. The molecule has 26 heavy (non-hydrogen) atoms. The van der Waals surface area contributed by atoms with E-state index in [0.717, 1.165) is 22.6 Å². The van der Waals surface area contributed by atoms with Crippen LogP contribution in [0.2, 0.25) is 0 Å². The molecule has 4 heteroatoms. The molecule has 0 radical (unpaired) electrons. The molecule has 0 nitrogen and oxygen atoms in total. The molecule has 2 rings (SSSR count). The summed E-state index contributed by atoms with van der Waals surface area (Å²) < 4.78 is 0. The SMILES string of the molecule is CC(C)P([c-]1cccc1)C(C)C.CC(C)P([c-]1cccc1)C(C)C.[Fe+2].[Pd]. The zero-order valence-electron chi connectivity index (χ0n) is 17.5. The molecule has 0 aliphatic carbocycles. The Hall–Kier alpha value is 0.742. The van der Waals surface area contributed by atoms with E-state index in [2.05, 4.69) is 104 Å². The van der Waals surface area contributed by atoms with E-state index in [9.17, 15) is 0 Å². The molecule has 0 heterocycles. The maximum Gasteiger partial charge on any atom is 2.00 e. The summed E-state index contributed by atoms with van der Waals surface area (Å²) in [6.07, 6.45) is 0. The van der Waals surface area contributed by atoms with Gasteiger partial charge in [-0.1, -0.05) is 55.4 Å². The molecule has 0 saturated carbocycles. The van der Waals surface area contributed by atoms with Crippen molar-refractivity contribution in [3.63, 3.8) is 0 Å². The molecule has 0 aliphatic rings. The van der Waals surface area contributed by atoms with Crippen LogP contribution in [0.3, 0.4) is 0 Å². The van der Waals surface area contributed by atoms with E-state index in [0.29, 0.717) is 0 Å². The molecule has 0 unspecified atom stereocenters. The smallest absolute Gasteiger partial charge is 0.213 e. The third kappa shape index (κ3) is 9.29. The van der Waals surface area contributed by atoms with E-state index < -0.39 is 0 Å². The van der Waals surface area contributed by atoms with Crippen molar-refractivity contribution in [3.05, 3.63) is 48.5 Å². The van der Waals surface area contributed by atoms with Gasteiger partial charge in [0, 0.05) is 20.4 Å². The van der Waals surface area contributed by atoms with Gasteiger partial charge in [0.2, 0.25) is 0 Å². The number of rotatable bonds is 6. The molecule has 0 aliphatic heterocycles. The monoisotopic (exact) mass is 524 g/mol. The Balaban J connectivity index is 0. The van der Waals surface area contributed by atoms with Gasteiger partial charge in [-0.05, 0) is 22.6 Å². The van der Waals surface area contributed by atoms with Gasteiger partial charge in [0.05, 0.1) is 0 Å². The summed E-state index contributed by atoms with van der Waals surface area (Å²) in [5.41, 5.74) is 3.23. The van der Waals surface area contributed by atoms with Crippen LogP contribution in [0.1, 0.15) is 55.4 Å². The summed E-state index contributed by atoms with van der Waals surface area (Å²) in [4.78, 5) is 0. The molecule has 0 N–H and O–H groups in total. The van der Waals surface area contributed by atoms with Crippen molar-refractivity contribution in [1.29, 1.82) is 0 Å². The van der Waals surface area contributed by atoms with Crippen molar-refractivity contribution in [3.8, 4) is 0 Å². The maximum absolute atomic E-state index is 2.33. The van der Waals surface area contributed by atoms with Crippen molar-refractivity contribution >= 4 is 26.5 Å². The third-order valence-corrected chi connectivity index (χ3v) is 10.4. The van der Waals surface area contributed by atoms with Crippen molar-refractivity contribution < 1.29 is 37.5 Å². The van der Waals surface area contributed by atoms with Gasteiger partial charge in [0.25, 0.3) is 0 Å². The zero-order chi connectivity index (χ0) is 18.3. The Labute approximate surface area is 189 Å². The van der Waals surface area contributed by atoms with Crippen molar-refractivity contribution in [2.24, 2.45) is 0 Å². The van der Waals surface area contributed by atoms with Crippen LogP contribution in [0.5, 0.6) is 0 Å². The first-order valence-electron chi connectivity index (χ1n) is 9.25. The van der Waals surface area contributed by atoms with E-state index in [1.54, 1.807) is 10.6 Å². The van der Waals surface area contributed by atoms with E-state index in [4.69, 9.17) is 0 Å². The zero-order valence-corrected chi connectivity index (χ0v) is 21.9. The van der Waals surface area contributed by atoms with Crippen LogP contribution in [0.25, 0.3) is 0 Å². The normalized spacial score (nSPS) is 11.0. The van der Waals surface area contributed by atoms with Gasteiger partial charge in [-0.3, -0.25) is 0 Å². The van der Waals surface area contributed by atoms with Crippen molar-refractivity contribution in [2.45, 2.75) is 78.0 Å². The van der Waals surface area contributed by atoms with Gasteiger partial charge in [-0.25, -0.2) is 24.3 Å². The average molecular weight is 525 g/mol. The van der Waals surface area contributed by atoms with Crippen LogP contribution in [0.15, 0.2) is 48.5 Å². The minimum atomic E-state index is 0. The molecule has 0 fully saturated rings. The summed E-state index contributed by atoms with van der Waals surface area (Å²) in [5.74, 6) is 0. The molecule has 0 saturated heterocycles. The van der Waals surface area contributed by atoms with Crippen molar-refractivity contribution in [1.82, 2.24) is 0 Å². The Morgan fingerprint density at radius 1 is 0.500 bits per heavy atom. The Morgan fingerprint density at radius 3 is 0.846 bits per heavy atom. The molecule has 0 bridgehead atoms. The van der Waals surface area contributed by atoms with Crippen molar-refractivity contribution in [2.75, 3.05) is 0 Å². The molecule has 2 aromatic carbocycles. The van der Waals surface area contributed by atoms with Gasteiger partial charge < -0.3 is 0 Å². The van der Waals surface area contributed by atoms with Gasteiger partial charge in [-0.15, -0.1) is 26.5 Å². The van der Waals surface area contributed by atoms with Crippen LogP contribution in [-0.4, -0.2) is 22.6 Å². The second-order valence-corrected chi connectivity index (χ2v) is 14.3. The Kier molecular flexibility index (Phi) is 16.4. The topological polar surface area (TPSA) is 0 Å². The predicted molar refractivity (Wildman–Crippen MR) is 118 cm³/mol. The maximum atomic E-state index is 2.33. The van der Waals surface area contributed by atoms with E-state index in [-0.39, 0.29) is 53.3 Å². The quantitative estimate of drug-likeness (QED) is 0.225. The van der Waals surface area contributed by atoms with E-state index in [1.807, 2.05) is 0 Å². The Bertz CT molecular complexity index is 464. The number of hydrogen-bond acceptors (Lipinski definition) is 0. The molecule has 2 aromatic rings. The minimum Gasteiger partial charge on any atom is -0.213 e. The first-order chi connectivity index (χ1) is 11.3. The summed E-state index contributed by atoms with van der Waals surface area (Å²) in [6.45, 7) is 18.7. The first kappa shape index (κ1) is 28.9. The fourth-order valence-electron chi connectivity index (χ4n) is 3.46. The van der Waals surface area contributed by atoms with Gasteiger partial charge in [0.1, 0.15) is 0 Å². The predicted octanol–water partition coefficient (Wildman–Crippen LogP) is 6.65. The van der Waals surface area contributed by atoms with E-state index >= 15 is 0 Å². The van der Waals surface area contributed by atoms with Crippen LogP contribution < -0.4 is 10.6 Å². The van der Waals surface area contributed by atoms with Crippen LogP contribution in [-0.2, 0) is 37.5 Å². The van der Waals surface area contributed by atoms with Crippen LogP contribution in [0, 0.1) is 0 Å². The summed E-state index contributed by atoms with van der Waals surface area (Å²) in [7, 11) is 0.127. The third-order valence-electron chi connectivity index (χ3n) is 4.11. The molecule has 0 amide bonds. The van der Waals surface area contributed by atoms with E-state index in [1.165, 1.54) is 0 Å². The second-order valence-electron chi connectivity index (χ2n) is 7.48. The molecule has 0 atom stereocenters. The summed E-state index contributed by atoms with van der Waals surface area (Å²) >= 11 is 0. The fourth-order valence-corrected chi connectivity index (χ4v) is 9.26. The largest absolute Gasteiger partial charge is 2.00 e. The summed E-state index contributed by atoms with van der Waals surface area (Å²) in [5, 5.41) is 3.13. The average Bonchev–Trinajstić information content (AvgIpc) is 3.11. The van der Waals surface area contributed by atoms with Gasteiger partial charge >= 0.3 is 17.1 Å². The molecule has 0 aromatic heterocycles. The van der Waals surface area contributed by atoms with Crippen LogP contribution in [0.4, 0.5) is 0 Å².